The molecule has 0 aromatic heterocycles. The number of hydrogen-bond acceptors (Lipinski definition) is 2. The van der Waals surface area contributed by atoms with Gasteiger partial charge in [0, 0.05) is 12.0 Å². The molecule has 1 rings (SSSR count). The van der Waals surface area contributed by atoms with E-state index in [4.69, 9.17) is 4.74 Å². The summed E-state index contributed by atoms with van der Waals surface area (Å²) in [7, 11) is 0. The molecular weight excluding hydrogens is 150 g/mol. The van der Waals surface area contributed by atoms with E-state index in [0.717, 1.165) is 32.7 Å². The van der Waals surface area contributed by atoms with Crippen LogP contribution in [0, 0.1) is 5.41 Å². The summed E-state index contributed by atoms with van der Waals surface area (Å²) in [5, 5.41) is 3.43. The predicted octanol–water partition coefficient (Wildman–Crippen LogP) is 1.58. The van der Waals surface area contributed by atoms with Gasteiger partial charge in [0.1, 0.15) is 0 Å². The molecule has 1 N–H and O–H groups in total. The lowest BCUT2D eigenvalue weighted by atomic mass is 9.89. The molecule has 0 saturated carbocycles. The fourth-order valence-corrected chi connectivity index (χ4v) is 1.29. The molecule has 0 aromatic carbocycles. The molecule has 0 amide bonds. The van der Waals surface area contributed by atoms with Gasteiger partial charge in [0.05, 0.1) is 13.2 Å². The average molecular weight is 169 g/mol. The molecule has 0 aromatic rings. The van der Waals surface area contributed by atoms with Crippen molar-refractivity contribution in [1.29, 1.82) is 0 Å². The Hall–Kier alpha value is -0.340. The Labute approximate surface area is 75.0 Å². The minimum absolute atomic E-state index is 0.413. The van der Waals surface area contributed by atoms with Crippen molar-refractivity contribution in [2.45, 2.75) is 20.3 Å². The highest BCUT2D eigenvalue weighted by Crippen LogP contribution is 2.24. The van der Waals surface area contributed by atoms with Gasteiger partial charge in [-0.1, -0.05) is 19.1 Å². The Morgan fingerprint density at radius 3 is 2.75 bits per heavy atom. The molecule has 2 nitrogen and oxygen atoms in total. The quantitative estimate of drug-likeness (QED) is 0.498. The van der Waals surface area contributed by atoms with Gasteiger partial charge in [-0.3, -0.25) is 0 Å². The highest BCUT2D eigenvalue weighted by atomic mass is 16.5. The van der Waals surface area contributed by atoms with Crippen molar-refractivity contribution in [1.82, 2.24) is 5.32 Å². The van der Waals surface area contributed by atoms with Gasteiger partial charge in [-0.15, -0.1) is 0 Å². The van der Waals surface area contributed by atoms with Crippen molar-refractivity contribution in [2.24, 2.45) is 5.41 Å². The molecule has 0 bridgehead atoms. The molecule has 0 unspecified atom stereocenters. The van der Waals surface area contributed by atoms with Crippen molar-refractivity contribution < 1.29 is 4.74 Å². The van der Waals surface area contributed by atoms with Crippen LogP contribution in [0.4, 0.5) is 0 Å². The molecule has 0 atom stereocenters. The van der Waals surface area contributed by atoms with Gasteiger partial charge >= 0.3 is 0 Å². The van der Waals surface area contributed by atoms with Crippen molar-refractivity contribution in [3.8, 4) is 0 Å². The summed E-state index contributed by atoms with van der Waals surface area (Å²) in [6.45, 7) is 8.33. The highest BCUT2D eigenvalue weighted by molar-refractivity contribution is 4.84. The van der Waals surface area contributed by atoms with Crippen LogP contribution in [0.3, 0.4) is 0 Å². The SMILES string of the molecule is C/C=C/CCNCC1(C)COC1. The van der Waals surface area contributed by atoms with Crippen molar-refractivity contribution in [3.63, 3.8) is 0 Å². The van der Waals surface area contributed by atoms with E-state index in [1.165, 1.54) is 0 Å². The van der Waals surface area contributed by atoms with Gasteiger partial charge in [-0.05, 0) is 19.9 Å². The van der Waals surface area contributed by atoms with E-state index in [0.29, 0.717) is 5.41 Å². The molecule has 12 heavy (non-hydrogen) atoms. The van der Waals surface area contributed by atoms with Crippen LogP contribution in [0.15, 0.2) is 12.2 Å². The number of allylic oxidation sites excluding steroid dienone is 1. The minimum atomic E-state index is 0.413. The maximum Gasteiger partial charge on any atom is 0.0554 e. The third kappa shape index (κ3) is 2.95. The second-order valence-corrected chi connectivity index (χ2v) is 3.84. The topological polar surface area (TPSA) is 21.3 Å². The van der Waals surface area contributed by atoms with Gasteiger partial charge in [0.2, 0.25) is 0 Å². The van der Waals surface area contributed by atoms with Gasteiger partial charge in [0.15, 0.2) is 0 Å². The molecule has 0 spiro atoms. The zero-order valence-electron chi connectivity index (χ0n) is 8.10. The van der Waals surface area contributed by atoms with E-state index >= 15 is 0 Å². The van der Waals surface area contributed by atoms with Crippen molar-refractivity contribution in [2.75, 3.05) is 26.3 Å². The van der Waals surface area contributed by atoms with Crippen LogP contribution < -0.4 is 5.32 Å². The number of ether oxygens (including phenoxy) is 1. The van der Waals surface area contributed by atoms with E-state index in [-0.39, 0.29) is 0 Å². The van der Waals surface area contributed by atoms with Crippen LogP contribution >= 0.6 is 0 Å². The Kier molecular flexibility index (Phi) is 3.76. The first kappa shape index (κ1) is 9.75. The van der Waals surface area contributed by atoms with E-state index in [1.807, 2.05) is 0 Å². The summed E-state index contributed by atoms with van der Waals surface area (Å²) in [5.41, 5.74) is 0.413. The maximum atomic E-state index is 5.16. The predicted molar refractivity (Wildman–Crippen MR) is 51.2 cm³/mol. The van der Waals surface area contributed by atoms with Crippen LogP contribution in [-0.4, -0.2) is 26.3 Å². The van der Waals surface area contributed by atoms with Crippen LogP contribution in [0.2, 0.25) is 0 Å². The van der Waals surface area contributed by atoms with E-state index < -0.39 is 0 Å². The van der Waals surface area contributed by atoms with Crippen LogP contribution in [0.5, 0.6) is 0 Å². The smallest absolute Gasteiger partial charge is 0.0554 e. The number of hydrogen-bond donors (Lipinski definition) is 1. The molecule has 70 valence electrons. The van der Waals surface area contributed by atoms with Gasteiger partial charge in [-0.25, -0.2) is 0 Å². The normalized spacial score (nSPS) is 21.2. The third-order valence-electron chi connectivity index (χ3n) is 2.18. The first-order chi connectivity index (χ1) is 5.77. The lowest BCUT2D eigenvalue weighted by molar-refractivity contribution is -0.0988. The number of rotatable bonds is 5. The van der Waals surface area contributed by atoms with Crippen LogP contribution in [0.25, 0.3) is 0 Å². The lowest BCUT2D eigenvalue weighted by Gasteiger charge is -2.38. The van der Waals surface area contributed by atoms with E-state index in [1.54, 1.807) is 0 Å². The Balaban J connectivity index is 1.95. The maximum absolute atomic E-state index is 5.16. The molecule has 1 aliphatic heterocycles. The molecule has 0 aliphatic carbocycles. The highest BCUT2D eigenvalue weighted by Gasteiger charge is 2.32. The fraction of sp³-hybridized carbons (Fsp3) is 0.800. The summed E-state index contributed by atoms with van der Waals surface area (Å²) < 4.78 is 5.16. The Morgan fingerprint density at radius 2 is 2.25 bits per heavy atom. The standard InChI is InChI=1S/C10H19NO/c1-3-4-5-6-11-7-10(2)8-12-9-10/h3-4,11H,5-9H2,1-2H3/b4-3+. The third-order valence-corrected chi connectivity index (χ3v) is 2.18. The van der Waals surface area contributed by atoms with Gasteiger partial charge in [0.25, 0.3) is 0 Å². The summed E-state index contributed by atoms with van der Waals surface area (Å²) in [6.07, 6.45) is 5.41. The summed E-state index contributed by atoms with van der Waals surface area (Å²) in [6, 6.07) is 0. The summed E-state index contributed by atoms with van der Waals surface area (Å²) >= 11 is 0. The molecule has 2 heteroatoms. The van der Waals surface area contributed by atoms with E-state index in [9.17, 15) is 0 Å². The lowest BCUT2D eigenvalue weighted by Crippen LogP contribution is -2.47. The van der Waals surface area contributed by atoms with E-state index in [2.05, 4.69) is 31.3 Å². The first-order valence-electron chi connectivity index (χ1n) is 4.66. The Morgan fingerprint density at radius 1 is 1.50 bits per heavy atom. The Bertz CT molecular complexity index is 150. The van der Waals surface area contributed by atoms with Gasteiger partial charge < -0.3 is 10.1 Å². The molecule has 1 saturated heterocycles. The molecular formula is C10H19NO. The molecule has 1 aliphatic rings. The molecule has 1 heterocycles. The monoisotopic (exact) mass is 169 g/mol. The van der Waals surface area contributed by atoms with Crippen molar-refractivity contribution in [3.05, 3.63) is 12.2 Å². The average Bonchev–Trinajstić information content (AvgIpc) is 2.01. The second-order valence-electron chi connectivity index (χ2n) is 3.84. The largest absolute Gasteiger partial charge is 0.380 e. The van der Waals surface area contributed by atoms with Gasteiger partial charge in [-0.2, -0.15) is 0 Å². The summed E-state index contributed by atoms with van der Waals surface area (Å²) in [5.74, 6) is 0. The zero-order chi connectivity index (χ0) is 8.86. The molecule has 0 radical (unpaired) electrons. The minimum Gasteiger partial charge on any atom is -0.380 e. The first-order valence-corrected chi connectivity index (χ1v) is 4.66. The zero-order valence-corrected chi connectivity index (χ0v) is 8.10. The van der Waals surface area contributed by atoms with Crippen LogP contribution in [0.1, 0.15) is 20.3 Å². The summed E-state index contributed by atoms with van der Waals surface area (Å²) in [4.78, 5) is 0. The molecule has 1 fully saturated rings. The second kappa shape index (κ2) is 4.63. The van der Waals surface area contributed by atoms with Crippen molar-refractivity contribution >= 4 is 0 Å². The van der Waals surface area contributed by atoms with Crippen LogP contribution in [-0.2, 0) is 4.74 Å². The number of nitrogens with one attached hydrogen (secondary N) is 1. The fourth-order valence-electron chi connectivity index (χ4n) is 1.29.